The highest BCUT2D eigenvalue weighted by Gasteiger charge is 2.06. The molecule has 0 amide bonds. The molecule has 2 N–H and O–H groups in total. The number of benzene rings is 2. The molecule has 0 bridgehead atoms. The molecule has 0 fully saturated rings. The van der Waals surface area contributed by atoms with Crippen LogP contribution in [0.15, 0.2) is 42.5 Å². The summed E-state index contributed by atoms with van der Waals surface area (Å²) >= 11 is 6.12. The SMILES string of the molecule is N#Cc1ccc(COc2ccccc2CCN)c(Cl)c1. The Kier molecular flexibility index (Phi) is 5.00. The Labute approximate surface area is 123 Å². The first-order valence-electron chi connectivity index (χ1n) is 6.34. The van der Waals surface area contributed by atoms with Crippen molar-refractivity contribution in [3.8, 4) is 11.8 Å². The van der Waals surface area contributed by atoms with E-state index in [0.717, 1.165) is 23.3 Å². The summed E-state index contributed by atoms with van der Waals surface area (Å²) in [7, 11) is 0. The normalized spacial score (nSPS) is 10.1. The Morgan fingerprint density at radius 3 is 2.65 bits per heavy atom. The van der Waals surface area contributed by atoms with Crippen molar-refractivity contribution in [1.82, 2.24) is 0 Å². The van der Waals surface area contributed by atoms with E-state index >= 15 is 0 Å². The smallest absolute Gasteiger partial charge is 0.123 e. The second kappa shape index (κ2) is 6.95. The van der Waals surface area contributed by atoms with Crippen LogP contribution in [0.5, 0.6) is 5.75 Å². The van der Waals surface area contributed by atoms with Gasteiger partial charge in [0.1, 0.15) is 12.4 Å². The second-order valence-corrected chi connectivity index (χ2v) is 4.76. The van der Waals surface area contributed by atoms with Crippen LogP contribution >= 0.6 is 11.6 Å². The fourth-order valence-electron chi connectivity index (χ4n) is 1.90. The van der Waals surface area contributed by atoms with Crippen LogP contribution in [-0.2, 0) is 13.0 Å². The molecule has 102 valence electrons. The van der Waals surface area contributed by atoms with Gasteiger partial charge in [-0.25, -0.2) is 0 Å². The molecule has 2 aromatic carbocycles. The zero-order valence-electron chi connectivity index (χ0n) is 11.0. The van der Waals surface area contributed by atoms with Crippen molar-refractivity contribution in [1.29, 1.82) is 5.26 Å². The zero-order chi connectivity index (χ0) is 14.4. The highest BCUT2D eigenvalue weighted by atomic mass is 35.5. The van der Waals surface area contributed by atoms with Crippen molar-refractivity contribution < 1.29 is 4.74 Å². The van der Waals surface area contributed by atoms with Crippen LogP contribution in [0.1, 0.15) is 16.7 Å². The largest absolute Gasteiger partial charge is 0.489 e. The number of nitrogens with two attached hydrogens (primary N) is 1. The molecule has 0 spiro atoms. The molecule has 20 heavy (non-hydrogen) atoms. The lowest BCUT2D eigenvalue weighted by atomic mass is 10.1. The average molecular weight is 287 g/mol. The molecule has 0 radical (unpaired) electrons. The Morgan fingerprint density at radius 1 is 1.15 bits per heavy atom. The molecule has 3 nitrogen and oxygen atoms in total. The maximum atomic E-state index is 8.80. The lowest BCUT2D eigenvalue weighted by molar-refractivity contribution is 0.303. The van der Waals surface area contributed by atoms with Gasteiger partial charge < -0.3 is 10.5 Å². The van der Waals surface area contributed by atoms with E-state index in [1.807, 2.05) is 30.3 Å². The van der Waals surface area contributed by atoms with Crippen LogP contribution < -0.4 is 10.5 Å². The quantitative estimate of drug-likeness (QED) is 0.917. The van der Waals surface area contributed by atoms with Gasteiger partial charge in [-0.1, -0.05) is 35.9 Å². The third-order valence-corrected chi connectivity index (χ3v) is 3.30. The number of nitriles is 1. The summed E-state index contributed by atoms with van der Waals surface area (Å²) in [5.41, 5.74) is 8.07. The van der Waals surface area contributed by atoms with Gasteiger partial charge in [0.05, 0.1) is 11.6 Å². The Balaban J connectivity index is 2.11. The number of hydrogen-bond acceptors (Lipinski definition) is 3. The summed E-state index contributed by atoms with van der Waals surface area (Å²) in [4.78, 5) is 0. The standard InChI is InChI=1S/C16H15ClN2O/c17-15-9-12(10-19)5-6-14(15)11-20-16-4-2-1-3-13(16)7-8-18/h1-6,9H,7-8,11,18H2. The van der Waals surface area contributed by atoms with Gasteiger partial charge in [-0.15, -0.1) is 0 Å². The molecule has 0 saturated heterocycles. The molecule has 0 aliphatic heterocycles. The molecule has 0 aliphatic rings. The molecule has 0 atom stereocenters. The van der Waals surface area contributed by atoms with Gasteiger partial charge in [-0.2, -0.15) is 5.26 Å². The minimum absolute atomic E-state index is 0.367. The van der Waals surface area contributed by atoms with Crippen molar-refractivity contribution in [2.75, 3.05) is 6.54 Å². The van der Waals surface area contributed by atoms with Gasteiger partial charge in [0, 0.05) is 10.6 Å². The van der Waals surface area contributed by atoms with E-state index in [9.17, 15) is 0 Å². The van der Waals surface area contributed by atoms with Gasteiger partial charge in [0.15, 0.2) is 0 Å². The second-order valence-electron chi connectivity index (χ2n) is 4.35. The average Bonchev–Trinajstić information content (AvgIpc) is 2.47. The summed E-state index contributed by atoms with van der Waals surface area (Å²) in [5, 5.41) is 9.35. The van der Waals surface area contributed by atoms with E-state index in [4.69, 9.17) is 27.3 Å². The Bertz CT molecular complexity index is 635. The van der Waals surface area contributed by atoms with Crippen molar-refractivity contribution >= 4 is 11.6 Å². The molecule has 0 saturated carbocycles. The topological polar surface area (TPSA) is 59.0 Å². The van der Waals surface area contributed by atoms with Crippen molar-refractivity contribution in [3.63, 3.8) is 0 Å². The molecule has 0 aliphatic carbocycles. The zero-order valence-corrected chi connectivity index (χ0v) is 11.7. The van der Waals surface area contributed by atoms with Gasteiger partial charge in [0.2, 0.25) is 0 Å². The highest BCUT2D eigenvalue weighted by Crippen LogP contribution is 2.23. The van der Waals surface area contributed by atoms with E-state index < -0.39 is 0 Å². The number of ether oxygens (including phenoxy) is 1. The Morgan fingerprint density at radius 2 is 1.95 bits per heavy atom. The van der Waals surface area contributed by atoms with Crippen LogP contribution in [0.3, 0.4) is 0 Å². The monoisotopic (exact) mass is 286 g/mol. The van der Waals surface area contributed by atoms with E-state index in [-0.39, 0.29) is 0 Å². The predicted octanol–water partition coefficient (Wildman–Crippen LogP) is 3.29. The van der Waals surface area contributed by atoms with E-state index in [1.54, 1.807) is 12.1 Å². The number of halogens is 1. The summed E-state index contributed by atoms with van der Waals surface area (Å²) in [5.74, 6) is 0.818. The van der Waals surface area contributed by atoms with Crippen LogP contribution in [-0.4, -0.2) is 6.54 Å². The molecule has 0 aromatic heterocycles. The fraction of sp³-hybridized carbons (Fsp3) is 0.188. The number of hydrogen-bond donors (Lipinski definition) is 1. The predicted molar refractivity (Wildman–Crippen MR) is 79.7 cm³/mol. The highest BCUT2D eigenvalue weighted by molar-refractivity contribution is 6.31. The van der Waals surface area contributed by atoms with Crippen LogP contribution in [0.4, 0.5) is 0 Å². The van der Waals surface area contributed by atoms with Gasteiger partial charge in [-0.05, 0) is 36.7 Å². The van der Waals surface area contributed by atoms with E-state index in [0.29, 0.717) is 23.7 Å². The summed E-state index contributed by atoms with van der Waals surface area (Å²) in [6.45, 7) is 0.949. The minimum Gasteiger partial charge on any atom is -0.489 e. The lowest BCUT2D eigenvalue weighted by Crippen LogP contribution is -2.05. The lowest BCUT2D eigenvalue weighted by Gasteiger charge is -2.11. The van der Waals surface area contributed by atoms with E-state index in [2.05, 4.69) is 6.07 Å². The van der Waals surface area contributed by atoms with Gasteiger partial charge in [0.25, 0.3) is 0 Å². The van der Waals surface area contributed by atoms with Crippen LogP contribution in [0, 0.1) is 11.3 Å². The van der Waals surface area contributed by atoms with Gasteiger partial charge in [-0.3, -0.25) is 0 Å². The fourth-order valence-corrected chi connectivity index (χ4v) is 2.13. The number of para-hydroxylation sites is 1. The summed E-state index contributed by atoms with van der Waals surface area (Å²) in [6, 6.07) is 15.1. The van der Waals surface area contributed by atoms with Crippen LogP contribution in [0.2, 0.25) is 5.02 Å². The maximum Gasteiger partial charge on any atom is 0.123 e. The summed E-state index contributed by atoms with van der Waals surface area (Å²) in [6.07, 6.45) is 0.775. The summed E-state index contributed by atoms with van der Waals surface area (Å²) < 4.78 is 5.81. The van der Waals surface area contributed by atoms with Crippen molar-refractivity contribution in [2.45, 2.75) is 13.0 Å². The molecule has 0 heterocycles. The maximum absolute atomic E-state index is 8.80. The molecule has 2 aromatic rings. The molecular formula is C16H15ClN2O. The van der Waals surface area contributed by atoms with Gasteiger partial charge >= 0.3 is 0 Å². The third kappa shape index (κ3) is 3.51. The molecular weight excluding hydrogens is 272 g/mol. The first kappa shape index (κ1) is 14.4. The van der Waals surface area contributed by atoms with Crippen LogP contribution in [0.25, 0.3) is 0 Å². The van der Waals surface area contributed by atoms with E-state index in [1.165, 1.54) is 0 Å². The third-order valence-electron chi connectivity index (χ3n) is 2.95. The first-order chi connectivity index (χ1) is 9.74. The Hall–Kier alpha value is -2.02. The number of nitrogens with zero attached hydrogens (tertiary/aromatic N) is 1. The number of rotatable bonds is 5. The van der Waals surface area contributed by atoms with Crippen molar-refractivity contribution in [3.05, 3.63) is 64.2 Å². The molecule has 2 rings (SSSR count). The van der Waals surface area contributed by atoms with Crippen molar-refractivity contribution in [2.24, 2.45) is 5.73 Å². The first-order valence-corrected chi connectivity index (χ1v) is 6.71. The minimum atomic E-state index is 0.367. The molecule has 4 heteroatoms. The molecule has 0 unspecified atom stereocenters.